The molecule has 3 atom stereocenters. The number of alkyl carbamates (subject to hydrolysis) is 1. The van der Waals surface area contributed by atoms with Crippen LogP contribution in [0.2, 0.25) is 6.82 Å². The number of anilines is 1. The minimum atomic E-state index is -0.545. The molecular weight excluding hydrogens is 583 g/mol. The number of aromatic nitrogens is 3. The van der Waals surface area contributed by atoms with E-state index in [1.54, 1.807) is 56.2 Å². The van der Waals surface area contributed by atoms with Crippen LogP contribution in [-0.2, 0) is 14.2 Å². The van der Waals surface area contributed by atoms with Gasteiger partial charge in [0.1, 0.15) is 42.7 Å². The largest absolute Gasteiger partial charge is 0.449 e. The van der Waals surface area contributed by atoms with E-state index < -0.39 is 25.5 Å². The van der Waals surface area contributed by atoms with Crippen molar-refractivity contribution in [2.45, 2.75) is 31.7 Å². The normalized spacial score (nSPS) is 18.6. The van der Waals surface area contributed by atoms with Gasteiger partial charge in [0.2, 0.25) is 0 Å². The number of nitrogens with one attached hydrogen (secondary N) is 2. The Kier molecular flexibility index (Phi) is 14.3. The van der Waals surface area contributed by atoms with Crippen LogP contribution in [0.3, 0.4) is 0 Å². The zero-order valence-electron chi connectivity index (χ0n) is 21.7. The molecule has 1 fully saturated rings. The molecule has 6 N–H and O–H groups in total. The highest BCUT2D eigenvalue weighted by atomic mass is 33.1. The van der Waals surface area contributed by atoms with Gasteiger partial charge in [-0.15, -0.1) is 0 Å². The van der Waals surface area contributed by atoms with Gasteiger partial charge >= 0.3 is 13.1 Å². The van der Waals surface area contributed by atoms with Crippen LogP contribution in [0.1, 0.15) is 18.2 Å². The zero-order valence-corrected chi connectivity index (χ0v) is 25.0. The summed E-state index contributed by atoms with van der Waals surface area (Å²) in [6.07, 6.45) is 4.01. The average molecular weight is 617 g/mol. The van der Waals surface area contributed by atoms with E-state index >= 15 is 0 Å². The molecule has 3 rings (SSSR count). The molecule has 0 spiro atoms. The average Bonchev–Trinajstić information content (AvgIpc) is 3.50. The van der Waals surface area contributed by atoms with E-state index in [-0.39, 0.29) is 31.7 Å². The van der Waals surface area contributed by atoms with Gasteiger partial charge in [-0.05, 0) is 19.6 Å². The van der Waals surface area contributed by atoms with Crippen LogP contribution < -0.4 is 16.3 Å². The maximum absolute atomic E-state index is 11.9. The summed E-state index contributed by atoms with van der Waals surface area (Å²) in [5, 5.41) is 25.0. The predicted molar refractivity (Wildman–Crippen MR) is 161 cm³/mol. The molecule has 0 unspecified atom stereocenters. The van der Waals surface area contributed by atoms with Gasteiger partial charge in [0.05, 0.1) is 30.2 Å². The van der Waals surface area contributed by atoms with Crippen LogP contribution in [0.25, 0.3) is 11.0 Å². The number of nitrogens with two attached hydrogens (primary N) is 1. The summed E-state index contributed by atoms with van der Waals surface area (Å²) in [6, 6.07) is 0. The Balaban J connectivity index is 1.53. The lowest BCUT2D eigenvalue weighted by Gasteiger charge is -2.15. The van der Waals surface area contributed by atoms with E-state index in [4.69, 9.17) is 25.0 Å². The lowest BCUT2D eigenvalue weighted by Crippen LogP contribution is -2.32. The van der Waals surface area contributed by atoms with Gasteiger partial charge in [-0.25, -0.2) is 14.8 Å². The van der Waals surface area contributed by atoms with Crippen molar-refractivity contribution in [1.82, 2.24) is 25.1 Å². The molecule has 1 aliphatic heterocycles. The molecule has 1 saturated heterocycles. The second-order valence-electron chi connectivity index (χ2n) is 8.13. The number of nitrogen functional groups attached to an aromatic ring is 1. The first-order valence-electron chi connectivity index (χ1n) is 12.1. The molecule has 0 aromatic carbocycles. The lowest BCUT2D eigenvalue weighted by molar-refractivity contribution is -0.0531. The van der Waals surface area contributed by atoms with Crippen molar-refractivity contribution in [2.75, 3.05) is 55.7 Å². The monoisotopic (exact) mass is 616 g/mol. The summed E-state index contributed by atoms with van der Waals surface area (Å²) in [4.78, 5) is 20.4. The molecule has 214 valence electrons. The Morgan fingerprint density at radius 3 is 2.95 bits per heavy atom. The summed E-state index contributed by atoms with van der Waals surface area (Å²) in [5.74, 6) is 8.22. The van der Waals surface area contributed by atoms with Crippen LogP contribution in [0.4, 0.5) is 10.6 Å². The number of hydrogen-bond donors (Lipinski definition) is 5. The molecule has 0 bridgehead atoms. The van der Waals surface area contributed by atoms with Gasteiger partial charge in [0.15, 0.2) is 0 Å². The smallest absolute Gasteiger partial charge is 0.407 e. The van der Waals surface area contributed by atoms with Gasteiger partial charge in [-0.3, -0.25) is 0 Å². The van der Waals surface area contributed by atoms with Crippen molar-refractivity contribution >= 4 is 73.2 Å². The van der Waals surface area contributed by atoms with E-state index in [1.165, 1.54) is 6.33 Å². The van der Waals surface area contributed by atoms with Gasteiger partial charge in [-0.1, -0.05) is 55.0 Å². The van der Waals surface area contributed by atoms with Crippen molar-refractivity contribution in [1.29, 1.82) is 0 Å². The molecule has 2 aromatic heterocycles. The summed E-state index contributed by atoms with van der Waals surface area (Å²) in [5.41, 5.74) is 7.32. The van der Waals surface area contributed by atoms with Crippen molar-refractivity contribution < 1.29 is 29.1 Å². The zero-order chi connectivity index (χ0) is 28.0. The third kappa shape index (κ3) is 10.1. The number of hydrogen-bond acceptors (Lipinski definition) is 14. The molecule has 12 nitrogen and oxygen atoms in total. The van der Waals surface area contributed by atoms with Crippen LogP contribution in [0, 0.1) is 11.8 Å². The molecule has 2 aromatic rings. The molecular formula is C22H33BN6O6S4. The second-order valence-corrected chi connectivity index (χ2v) is 13.3. The summed E-state index contributed by atoms with van der Waals surface area (Å²) >= 11 is 0. The van der Waals surface area contributed by atoms with Crippen LogP contribution in [0.15, 0.2) is 12.5 Å². The minimum Gasteiger partial charge on any atom is -0.449 e. The van der Waals surface area contributed by atoms with Gasteiger partial charge in [0.25, 0.3) is 0 Å². The second kappa shape index (κ2) is 17.4. The Bertz CT molecular complexity index is 1120. The van der Waals surface area contributed by atoms with Crippen LogP contribution >= 0.6 is 43.2 Å². The Morgan fingerprint density at radius 1 is 1.36 bits per heavy atom. The predicted octanol–water partition coefficient (Wildman–Crippen LogP) is 1.81. The van der Waals surface area contributed by atoms with Crippen LogP contribution in [0.5, 0.6) is 0 Å². The standard InChI is InChI=1S/C22H33BN6O6S4/c1-23(32)28-6-8-37-38-9-7-33-22(31)25-5-3-4-15-11-29(21-19(15)20(24)26-13-27-21)18-10-16(17(12-30)35-18)34-14-39-36-2/h11,13,16-18,28,30,32H,5-10,12,14H2,1-2H3,(H,25,31)(H2,24,26,27)/t16-,17-,18-/m1/s1. The summed E-state index contributed by atoms with van der Waals surface area (Å²) in [7, 11) is 5.91. The molecule has 0 radical (unpaired) electrons. The quantitative estimate of drug-likeness (QED) is 0.0646. The number of aliphatic hydroxyl groups is 1. The maximum atomic E-state index is 11.9. The topological polar surface area (TPSA) is 166 Å². The molecule has 3 heterocycles. The highest BCUT2D eigenvalue weighted by Crippen LogP contribution is 2.35. The van der Waals surface area contributed by atoms with Crippen molar-refractivity contribution in [3.63, 3.8) is 0 Å². The minimum absolute atomic E-state index is 0.0849. The van der Waals surface area contributed by atoms with E-state index in [0.717, 1.165) is 5.75 Å². The number of ether oxygens (including phenoxy) is 3. The van der Waals surface area contributed by atoms with Crippen LogP contribution in [-0.4, -0.2) is 100 Å². The first-order chi connectivity index (χ1) is 18.9. The van der Waals surface area contributed by atoms with Crippen molar-refractivity contribution in [3.8, 4) is 11.8 Å². The Labute approximate surface area is 244 Å². The first-order valence-corrected chi connectivity index (χ1v) is 17.4. The number of fused-ring (bicyclic) bond motifs is 1. The SMILES string of the molecule is CSSCO[C@@H]1C[C@H](n2cc(C#CCNC(=O)OCCSSCCNB(C)O)c3c(N)ncnc32)O[C@@H]1CO. The Morgan fingerprint density at radius 2 is 2.18 bits per heavy atom. The fourth-order valence-electron chi connectivity index (χ4n) is 3.70. The third-order valence-electron chi connectivity index (χ3n) is 5.41. The number of carbonyl (C=O) groups excluding carboxylic acids is 1. The highest BCUT2D eigenvalue weighted by molar-refractivity contribution is 8.76. The summed E-state index contributed by atoms with van der Waals surface area (Å²) in [6.45, 7) is 2.58. The first kappa shape index (κ1) is 32.0. The van der Waals surface area contributed by atoms with Crippen molar-refractivity contribution in [2.24, 2.45) is 0 Å². The highest BCUT2D eigenvalue weighted by Gasteiger charge is 2.37. The molecule has 1 aliphatic rings. The van der Waals surface area contributed by atoms with E-state index in [9.17, 15) is 9.90 Å². The number of rotatable bonds is 15. The molecule has 0 aliphatic carbocycles. The van der Waals surface area contributed by atoms with E-state index in [1.807, 2.05) is 10.8 Å². The maximum Gasteiger partial charge on any atom is 0.407 e. The number of nitrogens with zero attached hydrogens (tertiary/aromatic N) is 3. The Hall–Kier alpha value is -1.49. The number of aliphatic hydroxyl groups excluding tert-OH is 1. The lowest BCUT2D eigenvalue weighted by atomic mass is 9.89. The van der Waals surface area contributed by atoms with E-state index in [2.05, 4.69) is 32.4 Å². The molecule has 39 heavy (non-hydrogen) atoms. The third-order valence-corrected chi connectivity index (χ3v) is 9.24. The molecule has 17 heteroatoms. The molecule has 1 amide bonds. The fourth-order valence-corrected chi connectivity index (χ4v) is 6.23. The van der Waals surface area contributed by atoms with Crippen molar-refractivity contribution in [3.05, 3.63) is 18.1 Å². The summed E-state index contributed by atoms with van der Waals surface area (Å²) < 4.78 is 19.0. The number of amides is 1. The number of carbonyl (C=O) groups is 1. The van der Waals surface area contributed by atoms with Gasteiger partial charge in [0, 0.05) is 24.1 Å². The van der Waals surface area contributed by atoms with Gasteiger partial charge < -0.3 is 45.2 Å². The molecule has 0 saturated carbocycles. The van der Waals surface area contributed by atoms with Gasteiger partial charge in [-0.2, -0.15) is 0 Å². The van der Waals surface area contributed by atoms with E-state index in [0.29, 0.717) is 41.3 Å². The fraction of sp³-hybridized carbons (Fsp3) is 0.591.